The van der Waals surface area contributed by atoms with Crippen molar-refractivity contribution in [2.24, 2.45) is 0 Å². The van der Waals surface area contributed by atoms with Gasteiger partial charge in [0.1, 0.15) is 12.3 Å². The molecule has 27 heavy (non-hydrogen) atoms. The van der Waals surface area contributed by atoms with Gasteiger partial charge in [-0.2, -0.15) is 0 Å². The molecule has 0 saturated heterocycles. The number of carbonyl (C=O) groups is 2. The van der Waals surface area contributed by atoms with Crippen LogP contribution in [0.5, 0.6) is 5.75 Å². The summed E-state index contributed by atoms with van der Waals surface area (Å²) in [4.78, 5) is 24.8. The molecule has 0 heterocycles. The third kappa shape index (κ3) is 6.66. The Morgan fingerprint density at radius 2 is 1.81 bits per heavy atom. The van der Waals surface area contributed by atoms with Crippen LogP contribution in [0, 0.1) is 0 Å². The lowest BCUT2D eigenvalue weighted by molar-refractivity contribution is -0.135. The number of carboxylic acid groups (broad SMARTS) is 1. The van der Waals surface area contributed by atoms with Gasteiger partial charge in [0, 0.05) is 22.3 Å². The summed E-state index contributed by atoms with van der Waals surface area (Å²) in [5, 5.41) is 13.0. The van der Waals surface area contributed by atoms with Crippen molar-refractivity contribution in [1.29, 1.82) is 0 Å². The minimum atomic E-state index is -1.02. The van der Waals surface area contributed by atoms with Gasteiger partial charge in [-0.05, 0) is 48.4 Å². The number of aliphatic carboxylic acids is 1. The number of halogens is 2. The fourth-order valence-corrected chi connectivity index (χ4v) is 2.99. The fourth-order valence-electron chi connectivity index (χ4n) is 2.49. The lowest BCUT2D eigenvalue weighted by Gasteiger charge is -2.22. The van der Waals surface area contributed by atoms with Gasteiger partial charge in [-0.3, -0.25) is 9.59 Å². The largest absolute Gasteiger partial charge is 0.497 e. The monoisotopic (exact) mass is 410 g/mol. The highest BCUT2D eigenvalue weighted by atomic mass is 35.5. The molecule has 2 aromatic rings. The Kier molecular flexibility index (Phi) is 7.76. The third-order valence-electron chi connectivity index (χ3n) is 3.83. The molecule has 0 aliphatic rings. The number of nitrogens with zero attached hydrogens (tertiary/aromatic N) is 1. The molecule has 0 unspecified atom stereocenters. The van der Waals surface area contributed by atoms with Crippen LogP contribution in [0.3, 0.4) is 0 Å². The molecule has 2 N–H and O–H groups in total. The van der Waals surface area contributed by atoms with E-state index in [0.717, 1.165) is 5.56 Å². The van der Waals surface area contributed by atoms with Gasteiger partial charge >= 0.3 is 5.97 Å². The maximum Gasteiger partial charge on any atom is 0.323 e. The van der Waals surface area contributed by atoms with Crippen LogP contribution in [-0.2, 0) is 16.0 Å². The first-order chi connectivity index (χ1) is 12.9. The topological polar surface area (TPSA) is 78.9 Å². The van der Waals surface area contributed by atoms with Gasteiger partial charge in [-0.25, -0.2) is 0 Å². The molecule has 8 heteroatoms. The van der Waals surface area contributed by atoms with E-state index in [1.807, 2.05) is 6.07 Å². The van der Waals surface area contributed by atoms with Crippen molar-refractivity contribution in [2.45, 2.75) is 6.42 Å². The summed E-state index contributed by atoms with van der Waals surface area (Å²) in [6.45, 7) is 0.0133. The van der Waals surface area contributed by atoms with Crippen molar-refractivity contribution < 1.29 is 19.4 Å². The van der Waals surface area contributed by atoms with Crippen LogP contribution in [-0.4, -0.2) is 43.7 Å². The van der Waals surface area contributed by atoms with Crippen LogP contribution < -0.4 is 15.0 Å². The molecule has 1 amide bonds. The predicted octanol–water partition coefficient (Wildman–Crippen LogP) is 3.25. The Morgan fingerprint density at radius 1 is 1.11 bits per heavy atom. The number of amides is 1. The average Bonchev–Trinajstić information content (AvgIpc) is 2.62. The zero-order valence-electron chi connectivity index (χ0n) is 14.7. The summed E-state index contributed by atoms with van der Waals surface area (Å²) < 4.78 is 5.09. The lowest BCUT2D eigenvalue weighted by Crippen LogP contribution is -2.40. The summed E-state index contributed by atoms with van der Waals surface area (Å²) >= 11 is 12.0. The van der Waals surface area contributed by atoms with Crippen molar-refractivity contribution >= 4 is 40.8 Å². The molecule has 0 aliphatic carbocycles. The van der Waals surface area contributed by atoms with Gasteiger partial charge in [0.15, 0.2) is 0 Å². The smallest absolute Gasteiger partial charge is 0.323 e. The van der Waals surface area contributed by atoms with E-state index in [1.165, 1.54) is 4.90 Å². The summed E-state index contributed by atoms with van der Waals surface area (Å²) in [5.74, 6) is -0.651. The highest BCUT2D eigenvalue weighted by Crippen LogP contribution is 2.21. The van der Waals surface area contributed by atoms with E-state index in [4.69, 9.17) is 33.0 Å². The molecule has 0 aromatic heterocycles. The fraction of sp³-hybridized carbons (Fsp3) is 0.263. The second-order valence-corrected chi connectivity index (χ2v) is 6.63. The van der Waals surface area contributed by atoms with Gasteiger partial charge in [0.2, 0.25) is 5.91 Å². The first-order valence-electron chi connectivity index (χ1n) is 8.20. The van der Waals surface area contributed by atoms with Gasteiger partial charge in [0.25, 0.3) is 0 Å². The summed E-state index contributed by atoms with van der Waals surface area (Å²) in [6, 6.07) is 12.0. The highest BCUT2D eigenvalue weighted by molar-refractivity contribution is 6.35. The molecule has 0 saturated carbocycles. The maximum absolute atomic E-state index is 12.2. The van der Waals surface area contributed by atoms with Crippen molar-refractivity contribution in [1.82, 2.24) is 5.32 Å². The zero-order valence-corrected chi connectivity index (χ0v) is 16.3. The second kappa shape index (κ2) is 10.0. The number of hydrogen-bond donors (Lipinski definition) is 2. The van der Waals surface area contributed by atoms with E-state index in [2.05, 4.69) is 5.32 Å². The van der Waals surface area contributed by atoms with Crippen LogP contribution in [0.2, 0.25) is 10.0 Å². The third-order valence-corrected chi connectivity index (χ3v) is 4.42. The number of nitrogens with one attached hydrogen (secondary N) is 1. The Hall–Kier alpha value is -2.44. The maximum atomic E-state index is 12.2. The SMILES string of the molecule is COc1ccc(N(CC(=O)O)CC(=O)NCCc2ccc(Cl)cc2Cl)cc1. The molecule has 6 nitrogen and oxygen atoms in total. The minimum absolute atomic E-state index is 0.0764. The number of rotatable bonds is 9. The molecule has 144 valence electrons. The molecule has 0 atom stereocenters. The van der Waals surface area contributed by atoms with Gasteiger partial charge in [-0.15, -0.1) is 0 Å². The van der Waals surface area contributed by atoms with Crippen molar-refractivity contribution in [2.75, 3.05) is 31.6 Å². The summed E-state index contributed by atoms with van der Waals surface area (Å²) in [6.07, 6.45) is 0.545. The van der Waals surface area contributed by atoms with Gasteiger partial charge in [0.05, 0.1) is 13.7 Å². The van der Waals surface area contributed by atoms with E-state index in [0.29, 0.717) is 34.4 Å². The Bertz CT molecular complexity index is 797. The molecule has 0 bridgehead atoms. The number of ether oxygens (including phenoxy) is 1. The Labute approximate surface area is 167 Å². The van der Waals surface area contributed by atoms with Crippen molar-refractivity contribution in [3.05, 3.63) is 58.1 Å². The van der Waals surface area contributed by atoms with Crippen LogP contribution in [0.1, 0.15) is 5.56 Å². The molecular formula is C19H20Cl2N2O4. The second-order valence-electron chi connectivity index (χ2n) is 5.78. The number of carbonyl (C=O) groups excluding carboxylic acids is 1. The Morgan fingerprint density at radius 3 is 2.41 bits per heavy atom. The molecule has 2 rings (SSSR count). The van der Waals surface area contributed by atoms with Crippen molar-refractivity contribution in [3.8, 4) is 5.75 Å². The number of hydrogen-bond acceptors (Lipinski definition) is 4. The Balaban J connectivity index is 1.93. The number of carboxylic acids is 1. The van der Waals surface area contributed by atoms with Gasteiger partial charge in [-0.1, -0.05) is 29.3 Å². The van der Waals surface area contributed by atoms with Crippen LogP contribution >= 0.6 is 23.2 Å². The first kappa shape index (κ1) is 20.9. The summed E-state index contributed by atoms with van der Waals surface area (Å²) in [7, 11) is 1.55. The van der Waals surface area contributed by atoms with E-state index in [9.17, 15) is 9.59 Å². The van der Waals surface area contributed by atoms with Crippen molar-refractivity contribution in [3.63, 3.8) is 0 Å². The normalized spacial score (nSPS) is 10.3. The van der Waals surface area contributed by atoms with E-state index < -0.39 is 5.97 Å². The zero-order chi connectivity index (χ0) is 19.8. The van der Waals surface area contributed by atoms with E-state index in [1.54, 1.807) is 43.5 Å². The molecular weight excluding hydrogens is 391 g/mol. The highest BCUT2D eigenvalue weighted by Gasteiger charge is 2.15. The number of anilines is 1. The quantitative estimate of drug-likeness (QED) is 0.663. The predicted molar refractivity (Wildman–Crippen MR) is 106 cm³/mol. The molecule has 0 aliphatic heterocycles. The molecule has 0 spiro atoms. The van der Waals surface area contributed by atoms with Crippen LogP contribution in [0.4, 0.5) is 5.69 Å². The van der Waals surface area contributed by atoms with Crippen LogP contribution in [0.25, 0.3) is 0 Å². The van der Waals surface area contributed by atoms with Gasteiger partial charge < -0.3 is 20.1 Å². The van der Waals surface area contributed by atoms with E-state index in [-0.39, 0.29) is 19.0 Å². The first-order valence-corrected chi connectivity index (χ1v) is 8.96. The van der Waals surface area contributed by atoms with E-state index >= 15 is 0 Å². The average molecular weight is 411 g/mol. The lowest BCUT2D eigenvalue weighted by atomic mass is 10.1. The van der Waals surface area contributed by atoms with Crippen LogP contribution in [0.15, 0.2) is 42.5 Å². The minimum Gasteiger partial charge on any atom is -0.497 e. The molecule has 0 fully saturated rings. The number of benzene rings is 2. The standard InChI is InChI=1S/C19H20Cl2N2O4/c1-27-16-6-4-15(5-7-16)23(12-19(25)26)11-18(24)22-9-8-13-2-3-14(20)10-17(13)21/h2-7,10H,8-9,11-12H2,1H3,(H,22,24)(H,25,26). The molecule has 0 radical (unpaired) electrons. The molecule has 2 aromatic carbocycles. The summed E-state index contributed by atoms with van der Waals surface area (Å²) in [5.41, 5.74) is 1.49. The number of methoxy groups -OCH3 is 1.